The number of benzene rings is 1. The molecule has 128 valence electrons. The Morgan fingerprint density at radius 2 is 1.88 bits per heavy atom. The monoisotopic (exact) mass is 327 g/mol. The Hall–Kier alpha value is -1.68. The number of rotatable bonds is 4. The van der Waals surface area contributed by atoms with Crippen LogP contribution in [0.4, 0.5) is 0 Å². The molecule has 1 heterocycles. The number of hydrogen-bond donors (Lipinski definition) is 1. The largest absolute Gasteiger partial charge is 0.377 e. The highest BCUT2D eigenvalue weighted by Gasteiger charge is 2.57. The van der Waals surface area contributed by atoms with Gasteiger partial charge < -0.3 is 10.1 Å². The number of ether oxygens (including phenoxy) is 1. The van der Waals surface area contributed by atoms with Gasteiger partial charge in [0.2, 0.25) is 0 Å². The first-order valence-electron chi connectivity index (χ1n) is 9.18. The Balaban J connectivity index is 1.49. The summed E-state index contributed by atoms with van der Waals surface area (Å²) in [6.07, 6.45) is 6.54. The minimum atomic E-state index is -0.0588. The third-order valence-electron chi connectivity index (χ3n) is 6.21. The number of hydrogen-bond acceptors (Lipinski definition) is 3. The van der Waals surface area contributed by atoms with E-state index in [1.165, 1.54) is 32.6 Å². The van der Waals surface area contributed by atoms with Crippen LogP contribution in [0.2, 0.25) is 0 Å². The molecule has 1 saturated heterocycles. The summed E-state index contributed by atoms with van der Waals surface area (Å²) in [7, 11) is 0. The van der Waals surface area contributed by atoms with Gasteiger partial charge in [0.25, 0.3) is 5.91 Å². The average molecular weight is 327 g/mol. The molecule has 3 aliphatic rings. The summed E-state index contributed by atoms with van der Waals surface area (Å²) in [4.78, 5) is 24.2. The number of Topliss-reactive ketones (excluding diaryl/α,β-unsaturated/α-hetero) is 1. The Morgan fingerprint density at radius 1 is 1.12 bits per heavy atom. The third kappa shape index (κ3) is 2.67. The molecule has 1 N–H and O–H groups in total. The molecular weight excluding hydrogens is 302 g/mol. The van der Waals surface area contributed by atoms with Crippen LogP contribution in [0.25, 0.3) is 0 Å². The fraction of sp³-hybridized carbons (Fsp3) is 0.600. The van der Waals surface area contributed by atoms with Crippen molar-refractivity contribution in [1.82, 2.24) is 5.32 Å². The van der Waals surface area contributed by atoms with Crippen LogP contribution in [0, 0.1) is 17.8 Å². The Kier molecular flexibility index (Phi) is 4.17. The maximum Gasteiger partial charge on any atom is 0.251 e. The highest BCUT2D eigenvalue weighted by molar-refractivity contribution is 5.99. The molecule has 0 aromatic heterocycles. The lowest BCUT2D eigenvalue weighted by Gasteiger charge is -2.50. The second kappa shape index (κ2) is 6.32. The van der Waals surface area contributed by atoms with Gasteiger partial charge in [-0.15, -0.1) is 0 Å². The molecule has 2 saturated carbocycles. The lowest BCUT2D eigenvalue weighted by molar-refractivity contribution is -0.0784. The molecule has 4 nitrogen and oxygen atoms in total. The topological polar surface area (TPSA) is 55.4 Å². The Bertz CT molecular complexity index is 645. The molecule has 0 bridgehead atoms. The van der Waals surface area contributed by atoms with Crippen molar-refractivity contribution in [1.29, 1.82) is 0 Å². The van der Waals surface area contributed by atoms with Crippen molar-refractivity contribution in [2.24, 2.45) is 17.8 Å². The summed E-state index contributed by atoms with van der Waals surface area (Å²) in [5.74, 6) is 1.56. The van der Waals surface area contributed by atoms with Crippen molar-refractivity contribution in [2.75, 3.05) is 6.61 Å². The van der Waals surface area contributed by atoms with E-state index in [0.29, 0.717) is 35.0 Å². The number of carbonyl (C=O) groups excluding carboxylic acids is 2. The van der Waals surface area contributed by atoms with Crippen LogP contribution in [-0.2, 0) is 4.74 Å². The predicted molar refractivity (Wildman–Crippen MR) is 91.0 cm³/mol. The van der Waals surface area contributed by atoms with Gasteiger partial charge in [-0.05, 0) is 31.4 Å². The van der Waals surface area contributed by atoms with Gasteiger partial charge in [0.15, 0.2) is 5.78 Å². The van der Waals surface area contributed by atoms with E-state index in [1.54, 1.807) is 24.3 Å². The van der Waals surface area contributed by atoms with E-state index in [1.807, 2.05) is 0 Å². The van der Waals surface area contributed by atoms with Gasteiger partial charge in [0.05, 0.1) is 6.10 Å². The minimum absolute atomic E-state index is 0.0126. The van der Waals surface area contributed by atoms with E-state index in [9.17, 15) is 9.59 Å². The van der Waals surface area contributed by atoms with Gasteiger partial charge in [0, 0.05) is 35.6 Å². The van der Waals surface area contributed by atoms with Crippen LogP contribution in [-0.4, -0.2) is 30.4 Å². The van der Waals surface area contributed by atoms with E-state index in [4.69, 9.17) is 4.74 Å². The first-order chi connectivity index (χ1) is 11.6. The first-order valence-corrected chi connectivity index (χ1v) is 9.18. The van der Waals surface area contributed by atoms with E-state index in [-0.39, 0.29) is 17.7 Å². The molecule has 24 heavy (non-hydrogen) atoms. The van der Waals surface area contributed by atoms with Gasteiger partial charge in [-0.25, -0.2) is 0 Å². The zero-order valence-electron chi connectivity index (χ0n) is 14.2. The summed E-state index contributed by atoms with van der Waals surface area (Å²) in [6, 6.07) is 7.25. The normalized spacial score (nSPS) is 32.2. The molecule has 0 unspecified atom stereocenters. The maximum atomic E-state index is 12.7. The quantitative estimate of drug-likeness (QED) is 0.864. The SMILES string of the molecule is CC(=O)c1cccc(C(=O)N[C@H]2[C@H]3CCO[C@H]3[C@H]2C2CCCC2)c1. The van der Waals surface area contributed by atoms with Crippen molar-refractivity contribution < 1.29 is 14.3 Å². The molecule has 2 aliphatic carbocycles. The second-order valence-electron chi connectivity index (χ2n) is 7.55. The fourth-order valence-corrected chi connectivity index (χ4v) is 4.97. The summed E-state index contributed by atoms with van der Waals surface area (Å²) in [6.45, 7) is 2.35. The van der Waals surface area contributed by atoms with Crippen LogP contribution >= 0.6 is 0 Å². The third-order valence-corrected chi connectivity index (χ3v) is 6.21. The van der Waals surface area contributed by atoms with Crippen LogP contribution in [0.3, 0.4) is 0 Å². The molecule has 0 spiro atoms. The van der Waals surface area contributed by atoms with Gasteiger partial charge in [-0.3, -0.25) is 9.59 Å². The maximum absolute atomic E-state index is 12.7. The van der Waals surface area contributed by atoms with Crippen LogP contribution in [0.5, 0.6) is 0 Å². The zero-order chi connectivity index (χ0) is 16.7. The van der Waals surface area contributed by atoms with Crippen LogP contribution < -0.4 is 5.32 Å². The molecule has 4 atom stereocenters. The molecule has 4 heteroatoms. The molecule has 1 aromatic rings. The van der Waals surface area contributed by atoms with Crippen molar-refractivity contribution in [3.8, 4) is 0 Å². The number of nitrogens with one attached hydrogen (secondary N) is 1. The van der Waals surface area contributed by atoms with Gasteiger partial charge in [0.1, 0.15) is 0 Å². The fourth-order valence-electron chi connectivity index (χ4n) is 4.97. The van der Waals surface area contributed by atoms with Crippen molar-refractivity contribution in [3.05, 3.63) is 35.4 Å². The zero-order valence-corrected chi connectivity index (χ0v) is 14.2. The molecule has 1 aromatic carbocycles. The highest BCUT2D eigenvalue weighted by atomic mass is 16.5. The molecular formula is C20H25NO3. The van der Waals surface area contributed by atoms with Crippen molar-refractivity contribution in [2.45, 2.75) is 51.2 Å². The van der Waals surface area contributed by atoms with Gasteiger partial charge in [-0.1, -0.05) is 37.8 Å². The van der Waals surface area contributed by atoms with E-state index in [2.05, 4.69) is 5.32 Å². The van der Waals surface area contributed by atoms with Gasteiger partial charge in [-0.2, -0.15) is 0 Å². The molecule has 4 rings (SSSR count). The van der Waals surface area contributed by atoms with E-state index < -0.39 is 0 Å². The standard InChI is InChI=1S/C20H25NO3/c1-12(22)14-7-4-8-15(11-14)20(23)21-18-16-9-10-24-19(16)17(18)13-5-2-3-6-13/h4,7-8,11,13,16-19H,2-3,5-6,9-10H2,1H3,(H,21,23)/t16-,17+,18+,19-/m1/s1. The van der Waals surface area contributed by atoms with Crippen LogP contribution in [0.1, 0.15) is 59.7 Å². The number of fused-ring (bicyclic) bond motifs is 1. The molecule has 1 amide bonds. The van der Waals surface area contributed by atoms with Crippen molar-refractivity contribution >= 4 is 11.7 Å². The highest BCUT2D eigenvalue weighted by Crippen LogP contribution is 2.51. The lowest BCUT2D eigenvalue weighted by Crippen LogP contribution is -2.63. The van der Waals surface area contributed by atoms with Crippen LogP contribution in [0.15, 0.2) is 24.3 Å². The summed E-state index contributed by atoms with van der Waals surface area (Å²) in [5.41, 5.74) is 1.17. The number of ketones is 1. The minimum Gasteiger partial charge on any atom is -0.377 e. The van der Waals surface area contributed by atoms with E-state index >= 15 is 0 Å². The predicted octanol–water partition coefficient (Wildman–Crippen LogP) is 3.21. The summed E-state index contributed by atoms with van der Waals surface area (Å²) < 4.78 is 5.95. The average Bonchev–Trinajstić information content (AvgIpc) is 3.23. The van der Waals surface area contributed by atoms with Crippen molar-refractivity contribution in [3.63, 3.8) is 0 Å². The number of amides is 1. The smallest absolute Gasteiger partial charge is 0.251 e. The lowest BCUT2D eigenvalue weighted by atomic mass is 9.61. The number of carbonyl (C=O) groups is 2. The Morgan fingerprint density at radius 3 is 2.62 bits per heavy atom. The summed E-state index contributed by atoms with van der Waals surface area (Å²) >= 11 is 0. The first kappa shape index (κ1) is 15.8. The molecule has 0 radical (unpaired) electrons. The summed E-state index contributed by atoms with van der Waals surface area (Å²) in [5, 5.41) is 3.27. The molecule has 1 aliphatic heterocycles. The molecule has 3 fully saturated rings. The van der Waals surface area contributed by atoms with E-state index in [0.717, 1.165) is 13.0 Å². The second-order valence-corrected chi connectivity index (χ2v) is 7.55. The van der Waals surface area contributed by atoms with Gasteiger partial charge >= 0.3 is 0 Å². The Labute approximate surface area is 143 Å².